The number of carbonyl (C=O) groups excluding carboxylic acids is 1. The van der Waals surface area contributed by atoms with Crippen molar-refractivity contribution in [3.8, 4) is 17.0 Å². The lowest BCUT2D eigenvalue weighted by Crippen LogP contribution is -2.05. The van der Waals surface area contributed by atoms with Crippen LogP contribution in [0.15, 0.2) is 54.7 Å². The van der Waals surface area contributed by atoms with E-state index in [1.165, 1.54) is 24.4 Å². The first-order valence-corrected chi connectivity index (χ1v) is 8.33. The number of phenols is 1. The third-order valence-corrected chi connectivity index (χ3v) is 3.75. The van der Waals surface area contributed by atoms with Crippen LogP contribution in [-0.2, 0) is 4.74 Å². The number of hydrogen-bond acceptors (Lipinski definition) is 8. The van der Waals surface area contributed by atoms with Crippen LogP contribution in [0.3, 0.4) is 0 Å². The molecule has 0 aliphatic heterocycles. The Hall–Kier alpha value is -4.01. The van der Waals surface area contributed by atoms with Gasteiger partial charge in [-0.15, -0.1) is 0 Å². The molecule has 0 saturated heterocycles. The van der Waals surface area contributed by atoms with Crippen molar-refractivity contribution < 1.29 is 19.6 Å². The Morgan fingerprint density at radius 3 is 2.82 bits per heavy atom. The quantitative estimate of drug-likeness (QED) is 0.377. The molecule has 142 valence electrons. The SMILES string of the molecule is CCOC(=O)c1cccc(Nc2nccc(-c3ccc(O)c([N+](=O)[O-])c3)n2)c1. The number of ether oxygens (including phenoxy) is 1. The minimum absolute atomic E-state index is 0.245. The number of aromatic nitrogens is 2. The summed E-state index contributed by atoms with van der Waals surface area (Å²) in [6, 6.07) is 12.3. The Morgan fingerprint density at radius 2 is 2.07 bits per heavy atom. The molecule has 0 bridgehead atoms. The molecule has 28 heavy (non-hydrogen) atoms. The summed E-state index contributed by atoms with van der Waals surface area (Å²) in [6.07, 6.45) is 1.50. The Balaban J connectivity index is 1.87. The van der Waals surface area contributed by atoms with Crippen molar-refractivity contribution in [1.29, 1.82) is 0 Å². The fourth-order valence-electron chi connectivity index (χ4n) is 2.48. The molecular formula is C19H16N4O5. The van der Waals surface area contributed by atoms with Crippen molar-refractivity contribution in [2.75, 3.05) is 11.9 Å². The van der Waals surface area contributed by atoms with E-state index in [9.17, 15) is 20.0 Å². The minimum Gasteiger partial charge on any atom is -0.502 e. The Bertz CT molecular complexity index is 1040. The van der Waals surface area contributed by atoms with Gasteiger partial charge >= 0.3 is 11.7 Å². The Labute approximate surface area is 159 Å². The van der Waals surface area contributed by atoms with E-state index in [0.717, 1.165) is 0 Å². The van der Waals surface area contributed by atoms with Gasteiger partial charge in [0.05, 0.1) is 22.8 Å². The Morgan fingerprint density at radius 1 is 1.25 bits per heavy atom. The van der Waals surface area contributed by atoms with E-state index in [1.807, 2.05) is 0 Å². The minimum atomic E-state index is -0.667. The van der Waals surface area contributed by atoms with E-state index < -0.39 is 22.3 Å². The molecule has 1 heterocycles. The summed E-state index contributed by atoms with van der Waals surface area (Å²) in [7, 11) is 0. The second kappa shape index (κ2) is 8.12. The second-order valence-corrected chi connectivity index (χ2v) is 5.65. The number of hydrogen-bond donors (Lipinski definition) is 2. The van der Waals surface area contributed by atoms with Crippen molar-refractivity contribution in [2.24, 2.45) is 0 Å². The molecule has 0 aliphatic carbocycles. The molecule has 0 spiro atoms. The number of benzene rings is 2. The van der Waals surface area contributed by atoms with Crippen molar-refractivity contribution in [1.82, 2.24) is 9.97 Å². The normalized spacial score (nSPS) is 10.3. The maximum atomic E-state index is 11.8. The van der Waals surface area contributed by atoms with Gasteiger partial charge in [0.1, 0.15) is 0 Å². The fourth-order valence-corrected chi connectivity index (χ4v) is 2.48. The van der Waals surface area contributed by atoms with E-state index >= 15 is 0 Å². The van der Waals surface area contributed by atoms with E-state index in [-0.39, 0.29) is 12.6 Å². The number of aromatic hydroxyl groups is 1. The smallest absolute Gasteiger partial charge is 0.338 e. The van der Waals surface area contributed by atoms with Gasteiger partial charge in [-0.2, -0.15) is 0 Å². The van der Waals surface area contributed by atoms with Crippen LogP contribution >= 0.6 is 0 Å². The van der Waals surface area contributed by atoms with Crippen LogP contribution in [0.2, 0.25) is 0 Å². The molecule has 3 aromatic rings. The van der Waals surface area contributed by atoms with Gasteiger partial charge in [-0.3, -0.25) is 10.1 Å². The van der Waals surface area contributed by atoms with Crippen LogP contribution in [-0.4, -0.2) is 32.6 Å². The topological polar surface area (TPSA) is 127 Å². The van der Waals surface area contributed by atoms with Crippen LogP contribution < -0.4 is 5.32 Å². The first kappa shape index (κ1) is 18.8. The summed E-state index contributed by atoms with van der Waals surface area (Å²) in [4.78, 5) is 30.7. The molecular weight excluding hydrogens is 364 g/mol. The third kappa shape index (κ3) is 4.21. The third-order valence-electron chi connectivity index (χ3n) is 3.75. The lowest BCUT2D eigenvalue weighted by molar-refractivity contribution is -0.385. The molecule has 1 aromatic heterocycles. The highest BCUT2D eigenvalue weighted by molar-refractivity contribution is 5.90. The first-order chi connectivity index (χ1) is 13.5. The van der Waals surface area contributed by atoms with Gasteiger partial charge in [-0.1, -0.05) is 6.07 Å². The number of phenolic OH excluding ortho intramolecular Hbond substituents is 1. The number of nitro benzene ring substituents is 1. The highest BCUT2D eigenvalue weighted by Gasteiger charge is 2.15. The van der Waals surface area contributed by atoms with Gasteiger partial charge in [0, 0.05) is 23.5 Å². The lowest BCUT2D eigenvalue weighted by Gasteiger charge is -2.08. The first-order valence-electron chi connectivity index (χ1n) is 8.33. The number of carbonyl (C=O) groups is 1. The van der Waals surface area contributed by atoms with E-state index in [2.05, 4.69) is 15.3 Å². The molecule has 0 aliphatic rings. The van der Waals surface area contributed by atoms with Gasteiger partial charge in [-0.05, 0) is 43.3 Å². The van der Waals surface area contributed by atoms with Crippen molar-refractivity contribution >= 4 is 23.3 Å². The van der Waals surface area contributed by atoms with Gasteiger partial charge in [0.25, 0.3) is 0 Å². The highest BCUT2D eigenvalue weighted by atomic mass is 16.6. The number of esters is 1. The van der Waals surface area contributed by atoms with E-state index in [0.29, 0.717) is 22.5 Å². The summed E-state index contributed by atoms with van der Waals surface area (Å²) in [6.45, 7) is 2.01. The summed E-state index contributed by atoms with van der Waals surface area (Å²) in [5, 5.41) is 23.6. The van der Waals surface area contributed by atoms with Crippen LogP contribution in [0.4, 0.5) is 17.3 Å². The molecule has 2 aromatic carbocycles. The predicted molar refractivity (Wildman–Crippen MR) is 101 cm³/mol. The Kier molecular flexibility index (Phi) is 5.45. The molecule has 2 N–H and O–H groups in total. The van der Waals surface area contributed by atoms with Crippen LogP contribution in [0.25, 0.3) is 11.3 Å². The molecule has 0 radical (unpaired) electrons. The number of nitro groups is 1. The van der Waals surface area contributed by atoms with E-state index in [1.54, 1.807) is 37.3 Å². The summed E-state index contributed by atoms with van der Waals surface area (Å²) < 4.78 is 4.98. The molecule has 0 fully saturated rings. The second-order valence-electron chi connectivity index (χ2n) is 5.65. The lowest BCUT2D eigenvalue weighted by atomic mass is 10.1. The maximum Gasteiger partial charge on any atom is 0.338 e. The van der Waals surface area contributed by atoms with Crippen LogP contribution in [0.1, 0.15) is 17.3 Å². The number of anilines is 2. The van der Waals surface area contributed by atoms with Gasteiger partial charge in [-0.25, -0.2) is 14.8 Å². The summed E-state index contributed by atoms with van der Waals surface area (Å²) in [5.74, 6) is -0.608. The zero-order chi connectivity index (χ0) is 20.1. The van der Waals surface area contributed by atoms with Crippen LogP contribution in [0.5, 0.6) is 5.75 Å². The van der Waals surface area contributed by atoms with Crippen molar-refractivity contribution in [2.45, 2.75) is 6.92 Å². The summed E-state index contributed by atoms with van der Waals surface area (Å²) in [5.41, 5.74) is 1.45. The molecule has 9 heteroatoms. The summed E-state index contributed by atoms with van der Waals surface area (Å²) >= 11 is 0. The van der Waals surface area contributed by atoms with Gasteiger partial charge in [0.2, 0.25) is 5.95 Å². The predicted octanol–water partition coefficient (Wildman–Crippen LogP) is 3.68. The number of nitrogens with zero attached hydrogens (tertiary/aromatic N) is 3. The monoisotopic (exact) mass is 380 g/mol. The molecule has 9 nitrogen and oxygen atoms in total. The molecule has 0 amide bonds. The average molecular weight is 380 g/mol. The molecule has 3 rings (SSSR count). The maximum absolute atomic E-state index is 11.8. The zero-order valence-corrected chi connectivity index (χ0v) is 14.8. The zero-order valence-electron chi connectivity index (χ0n) is 14.8. The molecule has 0 unspecified atom stereocenters. The average Bonchev–Trinajstić information content (AvgIpc) is 2.69. The standard InChI is InChI=1S/C19H16N4O5/c1-2-28-18(25)13-4-3-5-14(10-13)21-19-20-9-8-15(22-19)12-6-7-17(24)16(11-12)23(26)27/h3-11,24H,2H2,1H3,(H,20,21,22). The highest BCUT2D eigenvalue weighted by Crippen LogP contribution is 2.30. The van der Waals surface area contributed by atoms with Crippen LogP contribution in [0, 0.1) is 10.1 Å². The van der Waals surface area contributed by atoms with E-state index in [4.69, 9.17) is 4.74 Å². The van der Waals surface area contributed by atoms with Gasteiger partial charge in [0.15, 0.2) is 5.75 Å². The van der Waals surface area contributed by atoms with Gasteiger partial charge < -0.3 is 15.2 Å². The number of nitrogens with one attached hydrogen (secondary N) is 1. The molecule has 0 atom stereocenters. The largest absolute Gasteiger partial charge is 0.502 e. The van der Waals surface area contributed by atoms with Crippen molar-refractivity contribution in [3.63, 3.8) is 0 Å². The molecule has 0 saturated carbocycles. The number of rotatable bonds is 6. The van der Waals surface area contributed by atoms with Crippen molar-refractivity contribution in [3.05, 3.63) is 70.4 Å². The fraction of sp³-hybridized carbons (Fsp3) is 0.105.